The topological polar surface area (TPSA) is 23.6 Å². The summed E-state index contributed by atoms with van der Waals surface area (Å²) >= 11 is 1.76. The van der Waals surface area contributed by atoms with Crippen LogP contribution in [-0.4, -0.2) is 53.6 Å². The number of carbonyl (C=O) groups excluding carboxylic acids is 1. The Kier molecular flexibility index (Phi) is 5.96. The predicted molar refractivity (Wildman–Crippen MR) is 112 cm³/mol. The van der Waals surface area contributed by atoms with Crippen LogP contribution in [0.2, 0.25) is 0 Å². The van der Waals surface area contributed by atoms with Gasteiger partial charge in [0.25, 0.3) is 0 Å². The minimum atomic E-state index is 0.0989. The lowest BCUT2D eigenvalue weighted by molar-refractivity contribution is -0.119. The summed E-state index contributed by atoms with van der Waals surface area (Å²) in [6, 6.07) is 19.2. The molecule has 2 unspecified atom stereocenters. The monoisotopic (exact) mass is 380 g/mol. The molecule has 0 aromatic heterocycles. The number of thioether (sulfide) groups is 1. The second-order valence-electron chi connectivity index (χ2n) is 7.68. The first-order valence-corrected chi connectivity index (χ1v) is 10.9. The number of piperazine rings is 1. The summed E-state index contributed by atoms with van der Waals surface area (Å²) in [5, 5.41) is 0.0989. The number of nitrogens with zero attached hydrogens (tertiary/aromatic N) is 2. The number of benzene rings is 2. The Morgan fingerprint density at radius 3 is 2.37 bits per heavy atom. The van der Waals surface area contributed by atoms with Gasteiger partial charge in [0.05, 0.1) is 5.25 Å². The van der Waals surface area contributed by atoms with Crippen LogP contribution in [0.5, 0.6) is 0 Å². The smallest absolute Gasteiger partial charge is 0.148 e. The van der Waals surface area contributed by atoms with Crippen LogP contribution in [0, 0.1) is 0 Å². The average molecular weight is 381 g/mol. The Morgan fingerprint density at radius 2 is 1.63 bits per heavy atom. The lowest BCUT2D eigenvalue weighted by Crippen LogP contribution is -2.46. The molecule has 142 valence electrons. The zero-order valence-electron chi connectivity index (χ0n) is 16.0. The molecule has 0 amide bonds. The molecule has 27 heavy (non-hydrogen) atoms. The summed E-state index contributed by atoms with van der Waals surface area (Å²) in [5.41, 5.74) is 2.73. The maximum absolute atomic E-state index is 12.8. The number of ketones is 1. The highest BCUT2D eigenvalue weighted by atomic mass is 32.2. The molecule has 2 aromatic carbocycles. The number of carbonyl (C=O) groups is 1. The fourth-order valence-electron chi connectivity index (χ4n) is 4.13. The zero-order valence-corrected chi connectivity index (χ0v) is 16.8. The summed E-state index contributed by atoms with van der Waals surface area (Å²) in [6.45, 7) is 8.43. The molecule has 0 aliphatic carbocycles. The third kappa shape index (κ3) is 4.45. The van der Waals surface area contributed by atoms with Gasteiger partial charge < -0.3 is 4.90 Å². The number of Topliss-reactive ketones (excluding diaryl/α,β-unsaturated/α-hetero) is 1. The lowest BCUT2D eigenvalue weighted by Gasteiger charge is -2.34. The normalized spacial score (nSPS) is 23.3. The molecule has 2 heterocycles. The summed E-state index contributed by atoms with van der Waals surface area (Å²) in [6.07, 6.45) is 0.675. The molecule has 2 atom stereocenters. The van der Waals surface area contributed by atoms with Crippen LogP contribution < -0.4 is 0 Å². The van der Waals surface area contributed by atoms with Gasteiger partial charge in [0, 0.05) is 56.5 Å². The van der Waals surface area contributed by atoms with Crippen LogP contribution in [-0.2, 0) is 11.3 Å². The first-order chi connectivity index (χ1) is 13.2. The van der Waals surface area contributed by atoms with Gasteiger partial charge in [-0.3, -0.25) is 9.69 Å². The second-order valence-corrected chi connectivity index (χ2v) is 8.87. The number of fused-ring (bicyclic) bond motifs is 1. The van der Waals surface area contributed by atoms with Gasteiger partial charge in [0.2, 0.25) is 0 Å². The van der Waals surface area contributed by atoms with Gasteiger partial charge in [-0.2, -0.15) is 0 Å². The van der Waals surface area contributed by atoms with E-state index in [0.29, 0.717) is 18.1 Å². The van der Waals surface area contributed by atoms with Crippen molar-refractivity contribution in [1.29, 1.82) is 0 Å². The molecule has 2 aromatic rings. The Labute approximate surface area is 166 Å². The molecular formula is C23H28N2OS. The molecular weight excluding hydrogens is 352 g/mol. The van der Waals surface area contributed by atoms with Crippen molar-refractivity contribution in [2.45, 2.75) is 36.0 Å². The molecule has 1 saturated heterocycles. The van der Waals surface area contributed by atoms with E-state index in [4.69, 9.17) is 0 Å². The van der Waals surface area contributed by atoms with Gasteiger partial charge >= 0.3 is 0 Å². The molecule has 0 spiro atoms. The van der Waals surface area contributed by atoms with E-state index in [0.717, 1.165) is 39.3 Å². The largest absolute Gasteiger partial charge is 0.300 e. The Morgan fingerprint density at radius 1 is 0.963 bits per heavy atom. The highest BCUT2D eigenvalue weighted by Crippen LogP contribution is 2.45. The van der Waals surface area contributed by atoms with Gasteiger partial charge in [0.15, 0.2) is 0 Å². The van der Waals surface area contributed by atoms with E-state index in [2.05, 4.69) is 71.3 Å². The summed E-state index contributed by atoms with van der Waals surface area (Å²) in [7, 11) is 0. The van der Waals surface area contributed by atoms with Crippen molar-refractivity contribution in [1.82, 2.24) is 9.80 Å². The molecule has 2 aliphatic rings. The van der Waals surface area contributed by atoms with E-state index < -0.39 is 0 Å². The summed E-state index contributed by atoms with van der Waals surface area (Å²) < 4.78 is 0. The van der Waals surface area contributed by atoms with E-state index in [1.807, 2.05) is 0 Å². The average Bonchev–Trinajstić information content (AvgIpc) is 3.05. The van der Waals surface area contributed by atoms with Crippen LogP contribution >= 0.6 is 11.8 Å². The van der Waals surface area contributed by atoms with Gasteiger partial charge in [-0.25, -0.2) is 0 Å². The molecule has 1 fully saturated rings. The van der Waals surface area contributed by atoms with Gasteiger partial charge in [-0.1, -0.05) is 55.5 Å². The van der Waals surface area contributed by atoms with Crippen molar-refractivity contribution >= 4 is 17.5 Å². The molecule has 4 rings (SSSR count). The molecule has 4 heteroatoms. The molecule has 0 bridgehead atoms. The maximum atomic E-state index is 12.8. The molecule has 3 nitrogen and oxygen atoms in total. The van der Waals surface area contributed by atoms with Crippen molar-refractivity contribution in [2.75, 3.05) is 32.7 Å². The Bertz CT molecular complexity index is 771. The van der Waals surface area contributed by atoms with Crippen LogP contribution in [0.3, 0.4) is 0 Å². The van der Waals surface area contributed by atoms with Crippen molar-refractivity contribution in [3.8, 4) is 0 Å². The third-order valence-corrected chi connectivity index (χ3v) is 7.37. The van der Waals surface area contributed by atoms with Crippen molar-refractivity contribution in [3.63, 3.8) is 0 Å². The van der Waals surface area contributed by atoms with Gasteiger partial charge in [-0.15, -0.1) is 11.8 Å². The minimum absolute atomic E-state index is 0.0989. The quantitative estimate of drug-likeness (QED) is 0.755. The van der Waals surface area contributed by atoms with Crippen molar-refractivity contribution < 1.29 is 4.79 Å². The lowest BCUT2D eigenvalue weighted by atomic mass is 9.94. The molecule has 0 saturated carbocycles. The van der Waals surface area contributed by atoms with Crippen LogP contribution in [0.1, 0.15) is 30.4 Å². The van der Waals surface area contributed by atoms with Gasteiger partial charge in [0.1, 0.15) is 5.78 Å². The predicted octanol–water partition coefficient (Wildman–Crippen LogP) is 4.04. The first kappa shape index (κ1) is 18.7. The van der Waals surface area contributed by atoms with Crippen molar-refractivity contribution in [3.05, 3.63) is 65.7 Å². The second kappa shape index (κ2) is 8.59. The molecule has 0 radical (unpaired) electrons. The zero-order chi connectivity index (χ0) is 18.6. The molecule has 0 N–H and O–H groups in total. The fourth-order valence-corrected chi connectivity index (χ4v) is 5.55. The Hall–Kier alpha value is -1.62. The van der Waals surface area contributed by atoms with Gasteiger partial charge in [-0.05, 0) is 17.2 Å². The highest BCUT2D eigenvalue weighted by Gasteiger charge is 2.34. The summed E-state index contributed by atoms with van der Waals surface area (Å²) in [5.74, 6) is 0.747. The number of rotatable bonds is 6. The summed E-state index contributed by atoms with van der Waals surface area (Å²) in [4.78, 5) is 19.1. The van der Waals surface area contributed by atoms with Crippen LogP contribution in [0.15, 0.2) is 59.5 Å². The third-order valence-electron chi connectivity index (χ3n) is 5.82. The van der Waals surface area contributed by atoms with E-state index in [1.54, 1.807) is 11.8 Å². The standard InChI is InChI=1S/C23H28N2OS/c1-18-20-9-5-6-10-22(20)27-23(18)21(26)11-12-24-13-15-25(16-14-24)17-19-7-3-2-4-8-19/h2-10,18,23H,11-17H2,1H3. The first-order valence-electron chi connectivity index (χ1n) is 9.97. The number of hydrogen-bond acceptors (Lipinski definition) is 4. The number of hydrogen-bond donors (Lipinski definition) is 0. The fraction of sp³-hybridized carbons (Fsp3) is 0.435. The Balaban J connectivity index is 1.22. The minimum Gasteiger partial charge on any atom is -0.300 e. The van der Waals surface area contributed by atoms with E-state index in [1.165, 1.54) is 16.0 Å². The van der Waals surface area contributed by atoms with E-state index in [9.17, 15) is 4.79 Å². The van der Waals surface area contributed by atoms with E-state index in [-0.39, 0.29) is 5.25 Å². The maximum Gasteiger partial charge on any atom is 0.148 e. The molecule has 2 aliphatic heterocycles. The SMILES string of the molecule is CC1c2ccccc2SC1C(=O)CCN1CCN(Cc2ccccc2)CC1. The van der Waals surface area contributed by atoms with Crippen LogP contribution in [0.4, 0.5) is 0 Å². The van der Waals surface area contributed by atoms with Crippen molar-refractivity contribution in [2.24, 2.45) is 0 Å². The van der Waals surface area contributed by atoms with Crippen LogP contribution in [0.25, 0.3) is 0 Å². The van der Waals surface area contributed by atoms with E-state index >= 15 is 0 Å². The highest BCUT2D eigenvalue weighted by molar-refractivity contribution is 8.01.